The number of carbonyl (C=O) groups is 2. The van der Waals surface area contributed by atoms with Crippen molar-refractivity contribution in [2.45, 2.75) is 25.2 Å². The van der Waals surface area contributed by atoms with Crippen LogP contribution in [0.3, 0.4) is 0 Å². The van der Waals surface area contributed by atoms with Gasteiger partial charge in [-0.3, -0.25) is 14.6 Å². The van der Waals surface area contributed by atoms with E-state index in [1.807, 2.05) is 0 Å². The number of Topliss-reactive ketones (excluding diaryl/α,β-unsaturated/α-hetero) is 2. The van der Waals surface area contributed by atoms with Crippen molar-refractivity contribution in [3.05, 3.63) is 65.0 Å². The Kier molecular flexibility index (Phi) is 5.48. The first kappa shape index (κ1) is 19.6. The first-order chi connectivity index (χ1) is 12.0. The third-order valence-electron chi connectivity index (χ3n) is 3.49. The molecule has 0 amide bonds. The molecule has 138 valence electrons. The first-order valence-corrected chi connectivity index (χ1v) is 7.26. The molecule has 0 aliphatic carbocycles. The van der Waals surface area contributed by atoms with Crippen LogP contribution in [0, 0.1) is 0 Å². The lowest BCUT2D eigenvalue weighted by Gasteiger charge is -2.12. The fraction of sp³-hybridized carbons (Fsp3) is 0.235. The number of carbonyl (C=O) groups excluding carboxylic acids is 2. The normalized spacial score (nSPS) is 12.1. The smallest absolute Gasteiger partial charge is 0.294 e. The quantitative estimate of drug-likeness (QED) is 0.548. The van der Waals surface area contributed by atoms with Crippen molar-refractivity contribution in [3.8, 4) is 0 Å². The number of aromatic nitrogens is 1. The number of halogens is 6. The van der Waals surface area contributed by atoms with Crippen LogP contribution in [0.5, 0.6) is 0 Å². The van der Waals surface area contributed by atoms with Crippen molar-refractivity contribution >= 4 is 11.6 Å². The van der Waals surface area contributed by atoms with Gasteiger partial charge in [-0.15, -0.1) is 0 Å². The van der Waals surface area contributed by atoms with Crippen LogP contribution in [0.25, 0.3) is 0 Å². The van der Waals surface area contributed by atoms with Crippen LogP contribution in [0.15, 0.2) is 42.6 Å². The molecule has 26 heavy (non-hydrogen) atoms. The number of nitrogens with zero attached hydrogens (tertiary/aromatic N) is 1. The topological polar surface area (TPSA) is 47.0 Å². The van der Waals surface area contributed by atoms with Gasteiger partial charge in [0.2, 0.25) is 0 Å². The Balaban J connectivity index is 2.19. The average molecular weight is 375 g/mol. The molecule has 0 aliphatic rings. The SMILES string of the molecule is O=C(CCC(=O)c1ncccc1C(F)(F)F)c1ccccc1C(F)(F)F. The van der Waals surface area contributed by atoms with E-state index in [0.29, 0.717) is 6.07 Å². The molecule has 0 N–H and O–H groups in total. The van der Waals surface area contributed by atoms with E-state index in [0.717, 1.165) is 30.5 Å². The highest BCUT2D eigenvalue weighted by Crippen LogP contribution is 2.33. The van der Waals surface area contributed by atoms with Crippen LogP contribution in [0.2, 0.25) is 0 Å². The molecule has 2 rings (SSSR count). The van der Waals surface area contributed by atoms with Crippen LogP contribution in [-0.4, -0.2) is 16.6 Å². The van der Waals surface area contributed by atoms with Crippen molar-refractivity contribution in [3.63, 3.8) is 0 Å². The lowest BCUT2D eigenvalue weighted by Crippen LogP contribution is -2.17. The standard InChI is InChI=1S/C17H11F6NO2/c18-16(19,20)11-5-2-1-4-10(11)13(25)7-8-14(26)15-12(17(21,22)23)6-3-9-24-15/h1-6,9H,7-8H2. The summed E-state index contributed by atoms with van der Waals surface area (Å²) in [7, 11) is 0. The van der Waals surface area contributed by atoms with E-state index < -0.39 is 59.1 Å². The number of pyridine rings is 1. The summed E-state index contributed by atoms with van der Waals surface area (Å²) in [5.41, 5.74) is -3.92. The Hall–Kier alpha value is -2.71. The third kappa shape index (κ3) is 4.47. The summed E-state index contributed by atoms with van der Waals surface area (Å²) in [4.78, 5) is 27.4. The molecule has 0 aliphatic heterocycles. The first-order valence-electron chi connectivity index (χ1n) is 7.26. The van der Waals surface area contributed by atoms with Gasteiger partial charge in [0.1, 0.15) is 5.69 Å². The second kappa shape index (κ2) is 7.27. The summed E-state index contributed by atoms with van der Waals surface area (Å²) in [6.07, 6.45) is -9.94. The lowest BCUT2D eigenvalue weighted by atomic mass is 9.98. The van der Waals surface area contributed by atoms with E-state index in [1.165, 1.54) is 6.07 Å². The van der Waals surface area contributed by atoms with Crippen molar-refractivity contribution in [1.82, 2.24) is 4.98 Å². The molecule has 0 radical (unpaired) electrons. The minimum Gasteiger partial charge on any atom is -0.294 e. The summed E-state index contributed by atoms with van der Waals surface area (Å²) in [6.45, 7) is 0. The van der Waals surface area contributed by atoms with E-state index in [4.69, 9.17) is 0 Å². The monoisotopic (exact) mass is 375 g/mol. The summed E-state index contributed by atoms with van der Waals surface area (Å²) in [5, 5.41) is 0. The Morgan fingerprint density at radius 2 is 1.31 bits per heavy atom. The van der Waals surface area contributed by atoms with Gasteiger partial charge in [-0.05, 0) is 18.2 Å². The lowest BCUT2D eigenvalue weighted by molar-refractivity contribution is -0.138. The molecule has 1 aromatic heterocycles. The van der Waals surface area contributed by atoms with E-state index in [2.05, 4.69) is 4.98 Å². The van der Waals surface area contributed by atoms with Gasteiger partial charge in [-0.2, -0.15) is 26.3 Å². The minimum absolute atomic E-state index is 0.634. The third-order valence-corrected chi connectivity index (χ3v) is 3.49. The molecule has 0 saturated carbocycles. The zero-order chi connectivity index (χ0) is 19.5. The maximum Gasteiger partial charge on any atom is 0.418 e. The summed E-state index contributed by atoms with van der Waals surface area (Å²) in [6, 6.07) is 5.68. The highest BCUT2D eigenvalue weighted by Gasteiger charge is 2.37. The van der Waals surface area contributed by atoms with Gasteiger partial charge < -0.3 is 0 Å². The zero-order valence-corrected chi connectivity index (χ0v) is 13.0. The van der Waals surface area contributed by atoms with Crippen LogP contribution in [0.1, 0.15) is 44.8 Å². The fourth-order valence-corrected chi connectivity index (χ4v) is 2.31. The van der Waals surface area contributed by atoms with Crippen molar-refractivity contribution in [2.75, 3.05) is 0 Å². The largest absolute Gasteiger partial charge is 0.418 e. The molecule has 3 nitrogen and oxygen atoms in total. The molecule has 1 heterocycles. The highest BCUT2D eigenvalue weighted by molar-refractivity contribution is 6.02. The highest BCUT2D eigenvalue weighted by atomic mass is 19.4. The van der Waals surface area contributed by atoms with Crippen molar-refractivity contribution in [1.29, 1.82) is 0 Å². The van der Waals surface area contributed by atoms with Gasteiger partial charge in [0, 0.05) is 24.6 Å². The Bertz CT molecular complexity index is 757. The summed E-state index contributed by atoms with van der Waals surface area (Å²) >= 11 is 0. The van der Waals surface area contributed by atoms with Gasteiger partial charge in [-0.1, -0.05) is 18.2 Å². The second-order valence-corrected chi connectivity index (χ2v) is 5.29. The molecule has 0 saturated heterocycles. The Morgan fingerprint density at radius 3 is 1.92 bits per heavy atom. The van der Waals surface area contributed by atoms with E-state index in [-0.39, 0.29) is 0 Å². The Labute approximate surface area is 143 Å². The van der Waals surface area contributed by atoms with Gasteiger partial charge in [-0.25, -0.2) is 0 Å². The van der Waals surface area contributed by atoms with Gasteiger partial charge >= 0.3 is 12.4 Å². The maximum absolute atomic E-state index is 12.9. The molecule has 0 atom stereocenters. The molecule has 0 bridgehead atoms. The predicted octanol–water partition coefficient (Wildman–Crippen LogP) is 4.97. The van der Waals surface area contributed by atoms with Gasteiger partial charge in [0.15, 0.2) is 11.6 Å². The molecule has 1 aromatic carbocycles. The molecular formula is C17H11F6NO2. The number of alkyl halides is 6. The Morgan fingerprint density at radius 1 is 0.769 bits per heavy atom. The van der Waals surface area contributed by atoms with E-state index >= 15 is 0 Å². The molecule has 0 fully saturated rings. The zero-order valence-electron chi connectivity index (χ0n) is 13.0. The molecule has 2 aromatic rings. The average Bonchev–Trinajstić information content (AvgIpc) is 2.58. The van der Waals surface area contributed by atoms with Crippen molar-refractivity contribution < 1.29 is 35.9 Å². The number of rotatable bonds is 5. The number of hydrogen-bond donors (Lipinski definition) is 0. The molecule has 0 unspecified atom stereocenters. The number of hydrogen-bond acceptors (Lipinski definition) is 3. The van der Waals surface area contributed by atoms with Crippen molar-refractivity contribution in [2.24, 2.45) is 0 Å². The van der Waals surface area contributed by atoms with E-state index in [9.17, 15) is 35.9 Å². The van der Waals surface area contributed by atoms with Gasteiger partial charge in [0.25, 0.3) is 0 Å². The molecule has 9 heteroatoms. The molecular weight excluding hydrogens is 364 g/mol. The number of ketones is 2. The van der Waals surface area contributed by atoms with Crippen LogP contribution in [-0.2, 0) is 12.4 Å². The number of benzene rings is 1. The van der Waals surface area contributed by atoms with Crippen LogP contribution >= 0.6 is 0 Å². The summed E-state index contributed by atoms with van der Waals surface area (Å²) < 4.78 is 77.3. The molecule has 0 spiro atoms. The second-order valence-electron chi connectivity index (χ2n) is 5.29. The van der Waals surface area contributed by atoms with E-state index in [1.54, 1.807) is 0 Å². The summed E-state index contributed by atoms with van der Waals surface area (Å²) in [5.74, 6) is -2.06. The minimum atomic E-state index is -4.81. The van der Waals surface area contributed by atoms with Crippen LogP contribution in [0.4, 0.5) is 26.3 Å². The predicted molar refractivity (Wildman–Crippen MR) is 78.6 cm³/mol. The van der Waals surface area contributed by atoms with Gasteiger partial charge in [0.05, 0.1) is 11.1 Å². The fourth-order valence-electron chi connectivity index (χ4n) is 2.31. The maximum atomic E-state index is 12.9. The van der Waals surface area contributed by atoms with Crippen LogP contribution < -0.4 is 0 Å².